The van der Waals surface area contributed by atoms with Crippen molar-refractivity contribution in [1.29, 1.82) is 0 Å². The van der Waals surface area contributed by atoms with Crippen LogP contribution in [0.4, 0.5) is 0 Å². The Hall–Kier alpha value is -3.93. The third kappa shape index (κ3) is 55.0. The summed E-state index contributed by atoms with van der Waals surface area (Å²) in [6, 6.07) is 0. The molecular formula is C64H106O6. The third-order valence-electron chi connectivity index (χ3n) is 12.0. The Bertz CT molecular complexity index is 1440. The van der Waals surface area contributed by atoms with Crippen LogP contribution >= 0.6 is 0 Å². The molecule has 398 valence electrons. The molecular weight excluding hydrogens is 865 g/mol. The topological polar surface area (TPSA) is 78.9 Å². The summed E-state index contributed by atoms with van der Waals surface area (Å²) in [5.74, 6) is -0.993. The number of ether oxygens (including phenoxy) is 3. The van der Waals surface area contributed by atoms with E-state index in [0.29, 0.717) is 19.3 Å². The standard InChI is InChI=1S/C64H106O6/c1-4-7-10-13-16-19-22-25-28-30-32-34-36-39-42-45-48-51-54-57-63(66)69-60-61(59-68-62(65)56-53-50-47-44-41-38-27-24-21-18-15-12-9-6-3)70-64(67)58-55-52-49-46-43-40-37-35-33-31-29-26-23-20-17-14-11-8-5-2/h7-8,10-11,16-17,19-20,25-26,28-29,32,34,39,42,48,51,61H,4-6,9,12-15,18,21-24,27,30-31,33,35-38,40-41,43-47,49-50,52-60H2,1-3H3/b10-7-,11-8-,19-16-,20-17-,28-25-,29-26-,34-32-,42-39-,51-48-. The maximum absolute atomic E-state index is 12.9. The van der Waals surface area contributed by atoms with Crippen LogP contribution < -0.4 is 0 Å². The van der Waals surface area contributed by atoms with Crippen molar-refractivity contribution < 1.29 is 28.6 Å². The van der Waals surface area contributed by atoms with Gasteiger partial charge in [0.2, 0.25) is 0 Å². The van der Waals surface area contributed by atoms with Gasteiger partial charge in [-0.15, -0.1) is 0 Å². The van der Waals surface area contributed by atoms with Gasteiger partial charge in [0.25, 0.3) is 0 Å². The van der Waals surface area contributed by atoms with Crippen LogP contribution in [0.25, 0.3) is 0 Å². The molecule has 0 fully saturated rings. The van der Waals surface area contributed by atoms with Gasteiger partial charge in [-0.1, -0.05) is 259 Å². The normalized spacial score (nSPS) is 12.9. The van der Waals surface area contributed by atoms with E-state index in [-0.39, 0.29) is 37.5 Å². The van der Waals surface area contributed by atoms with E-state index in [1.54, 1.807) is 0 Å². The van der Waals surface area contributed by atoms with Gasteiger partial charge in [0.15, 0.2) is 6.10 Å². The zero-order valence-electron chi connectivity index (χ0n) is 45.5. The summed E-state index contributed by atoms with van der Waals surface area (Å²) in [5.41, 5.74) is 0. The van der Waals surface area contributed by atoms with E-state index in [9.17, 15) is 14.4 Å². The number of hydrogen-bond acceptors (Lipinski definition) is 6. The highest BCUT2D eigenvalue weighted by atomic mass is 16.6. The molecule has 0 aromatic heterocycles. The lowest BCUT2D eigenvalue weighted by molar-refractivity contribution is -0.166. The summed E-state index contributed by atoms with van der Waals surface area (Å²) in [6.07, 6.45) is 78.0. The number of carbonyl (C=O) groups excluding carboxylic acids is 3. The van der Waals surface area contributed by atoms with Crippen LogP contribution in [0.1, 0.15) is 258 Å². The second-order valence-corrected chi connectivity index (χ2v) is 18.8. The van der Waals surface area contributed by atoms with E-state index in [1.165, 1.54) is 109 Å². The van der Waals surface area contributed by atoms with Crippen LogP contribution in [0.15, 0.2) is 109 Å². The van der Waals surface area contributed by atoms with Gasteiger partial charge in [-0.05, 0) is 89.9 Å². The van der Waals surface area contributed by atoms with Crippen molar-refractivity contribution in [3.8, 4) is 0 Å². The summed E-state index contributed by atoms with van der Waals surface area (Å²) in [5, 5.41) is 0. The van der Waals surface area contributed by atoms with Crippen LogP contribution in [-0.2, 0) is 28.6 Å². The Kier molecular flexibility index (Phi) is 54.4. The van der Waals surface area contributed by atoms with E-state index >= 15 is 0 Å². The molecule has 0 N–H and O–H groups in total. The van der Waals surface area contributed by atoms with Gasteiger partial charge in [0, 0.05) is 19.3 Å². The van der Waals surface area contributed by atoms with Crippen molar-refractivity contribution in [3.63, 3.8) is 0 Å². The van der Waals surface area contributed by atoms with E-state index < -0.39 is 6.10 Å². The fraction of sp³-hybridized carbons (Fsp3) is 0.672. The molecule has 0 bridgehead atoms. The largest absolute Gasteiger partial charge is 0.462 e. The maximum atomic E-state index is 12.9. The SMILES string of the molecule is CC/C=C\C/C=C\C/C=C\C/C=C\C/C=C\C/C=C\CCC(=O)OCC(COC(=O)CCCCCCCCCCCCCCCC)OC(=O)CCCCCCCCCCC/C=C\C/C=C\C/C=C\CC. The fourth-order valence-electron chi connectivity index (χ4n) is 7.78. The highest BCUT2D eigenvalue weighted by Gasteiger charge is 2.19. The van der Waals surface area contributed by atoms with Crippen LogP contribution in [0.5, 0.6) is 0 Å². The van der Waals surface area contributed by atoms with Crippen LogP contribution in [0.3, 0.4) is 0 Å². The first-order valence-corrected chi connectivity index (χ1v) is 28.9. The Morgan fingerprint density at radius 3 is 0.957 bits per heavy atom. The molecule has 0 saturated heterocycles. The number of unbranched alkanes of at least 4 members (excludes halogenated alkanes) is 22. The van der Waals surface area contributed by atoms with Crippen LogP contribution in [0, 0.1) is 0 Å². The summed E-state index contributed by atoms with van der Waals surface area (Å²) in [4.78, 5) is 38.1. The van der Waals surface area contributed by atoms with Crippen molar-refractivity contribution in [3.05, 3.63) is 109 Å². The fourth-order valence-corrected chi connectivity index (χ4v) is 7.78. The first-order valence-electron chi connectivity index (χ1n) is 28.9. The van der Waals surface area contributed by atoms with Crippen LogP contribution in [-0.4, -0.2) is 37.2 Å². The van der Waals surface area contributed by atoms with E-state index in [1.807, 2.05) is 6.08 Å². The van der Waals surface area contributed by atoms with E-state index in [2.05, 4.69) is 124 Å². The Morgan fingerprint density at radius 1 is 0.300 bits per heavy atom. The number of allylic oxidation sites excluding steroid dienone is 18. The molecule has 1 unspecified atom stereocenters. The summed E-state index contributed by atoms with van der Waals surface area (Å²) in [6.45, 7) is 6.36. The van der Waals surface area contributed by atoms with Crippen molar-refractivity contribution in [2.24, 2.45) is 0 Å². The number of esters is 3. The second kappa shape index (κ2) is 57.6. The lowest BCUT2D eigenvalue weighted by atomic mass is 10.0. The van der Waals surface area contributed by atoms with Crippen LogP contribution in [0.2, 0.25) is 0 Å². The minimum absolute atomic E-state index is 0.103. The summed E-state index contributed by atoms with van der Waals surface area (Å²) in [7, 11) is 0. The monoisotopic (exact) mass is 971 g/mol. The van der Waals surface area contributed by atoms with Gasteiger partial charge in [-0.2, -0.15) is 0 Å². The molecule has 1 atom stereocenters. The molecule has 0 aliphatic carbocycles. The maximum Gasteiger partial charge on any atom is 0.306 e. The number of carbonyl (C=O) groups is 3. The number of hydrogen-bond donors (Lipinski definition) is 0. The average molecular weight is 972 g/mol. The molecule has 0 radical (unpaired) electrons. The molecule has 0 aliphatic rings. The third-order valence-corrected chi connectivity index (χ3v) is 12.0. The van der Waals surface area contributed by atoms with Crippen molar-refractivity contribution in [2.75, 3.05) is 13.2 Å². The Morgan fingerprint density at radius 2 is 0.586 bits per heavy atom. The van der Waals surface area contributed by atoms with Gasteiger partial charge < -0.3 is 14.2 Å². The molecule has 0 spiro atoms. The molecule has 70 heavy (non-hydrogen) atoms. The van der Waals surface area contributed by atoms with Crippen molar-refractivity contribution in [2.45, 2.75) is 264 Å². The molecule has 0 saturated carbocycles. The lowest BCUT2D eigenvalue weighted by Crippen LogP contribution is -2.30. The first-order chi connectivity index (χ1) is 34.5. The minimum atomic E-state index is -0.812. The van der Waals surface area contributed by atoms with E-state index in [4.69, 9.17) is 14.2 Å². The predicted octanol–water partition coefficient (Wildman–Crippen LogP) is 19.5. The highest BCUT2D eigenvalue weighted by Crippen LogP contribution is 2.15. The molecule has 0 heterocycles. The second-order valence-electron chi connectivity index (χ2n) is 18.8. The Balaban J connectivity index is 4.50. The van der Waals surface area contributed by atoms with Crippen molar-refractivity contribution >= 4 is 17.9 Å². The van der Waals surface area contributed by atoms with Gasteiger partial charge in [-0.3, -0.25) is 14.4 Å². The molecule has 0 aromatic carbocycles. The molecule has 6 heteroatoms. The quantitative estimate of drug-likeness (QED) is 0.0262. The zero-order chi connectivity index (χ0) is 50.7. The minimum Gasteiger partial charge on any atom is -0.462 e. The average Bonchev–Trinajstić information content (AvgIpc) is 3.36. The molecule has 0 aromatic rings. The smallest absolute Gasteiger partial charge is 0.306 e. The molecule has 0 amide bonds. The predicted molar refractivity (Wildman–Crippen MR) is 302 cm³/mol. The zero-order valence-corrected chi connectivity index (χ0v) is 45.5. The molecule has 0 aliphatic heterocycles. The molecule has 6 nitrogen and oxygen atoms in total. The van der Waals surface area contributed by atoms with Crippen molar-refractivity contribution in [1.82, 2.24) is 0 Å². The Labute approximate surface area is 431 Å². The van der Waals surface area contributed by atoms with Gasteiger partial charge >= 0.3 is 17.9 Å². The first kappa shape index (κ1) is 66.1. The summed E-state index contributed by atoms with van der Waals surface area (Å²) < 4.78 is 16.8. The lowest BCUT2D eigenvalue weighted by Gasteiger charge is -2.18. The number of rotatable bonds is 51. The van der Waals surface area contributed by atoms with Gasteiger partial charge in [0.05, 0.1) is 0 Å². The van der Waals surface area contributed by atoms with Gasteiger partial charge in [0.1, 0.15) is 13.2 Å². The van der Waals surface area contributed by atoms with Gasteiger partial charge in [-0.25, -0.2) is 0 Å². The molecule has 0 rings (SSSR count). The highest BCUT2D eigenvalue weighted by molar-refractivity contribution is 5.71. The summed E-state index contributed by atoms with van der Waals surface area (Å²) >= 11 is 0. The van der Waals surface area contributed by atoms with E-state index in [0.717, 1.165) is 103 Å².